The van der Waals surface area contributed by atoms with Gasteiger partial charge in [0.2, 0.25) is 0 Å². The number of para-hydroxylation sites is 1. The van der Waals surface area contributed by atoms with Crippen molar-refractivity contribution in [2.75, 3.05) is 18.1 Å². The number of hydrogen-bond acceptors (Lipinski definition) is 5. The number of rotatable bonds is 8. The lowest BCUT2D eigenvalue weighted by molar-refractivity contribution is -0.120. The molecule has 9 heteroatoms. The summed E-state index contributed by atoms with van der Waals surface area (Å²) in [5, 5.41) is 1.28. The number of nitrogens with zero attached hydrogens (tertiary/aromatic N) is 4. The first-order valence-corrected chi connectivity index (χ1v) is 11.2. The van der Waals surface area contributed by atoms with E-state index in [1.165, 1.54) is 11.3 Å². The van der Waals surface area contributed by atoms with Gasteiger partial charge in [-0.25, -0.2) is 9.97 Å². The number of amides is 1. The SMILES string of the molecule is Cc1ccccc1OCC(=O)N(CCCn1ccnc1)c1nc2c(C)ccc(Cl)c2s1.Cl. The number of carbonyl (C=O) groups excluding carboxylic acids is 1. The molecule has 1 amide bonds. The lowest BCUT2D eigenvalue weighted by atomic mass is 10.2. The molecule has 2 heterocycles. The third kappa shape index (κ3) is 5.41. The van der Waals surface area contributed by atoms with Gasteiger partial charge in [-0.1, -0.05) is 47.2 Å². The first kappa shape index (κ1) is 24.0. The van der Waals surface area contributed by atoms with Crippen molar-refractivity contribution in [2.45, 2.75) is 26.8 Å². The molecule has 4 aromatic rings. The molecule has 0 saturated carbocycles. The normalized spacial score (nSPS) is 10.7. The van der Waals surface area contributed by atoms with E-state index in [-0.39, 0.29) is 24.9 Å². The fraction of sp³-hybridized carbons (Fsp3) is 0.261. The molecule has 0 fully saturated rings. The number of hydrogen-bond donors (Lipinski definition) is 0. The van der Waals surface area contributed by atoms with Crippen LogP contribution in [0, 0.1) is 13.8 Å². The molecule has 168 valence electrons. The van der Waals surface area contributed by atoms with Crippen LogP contribution in [0.2, 0.25) is 5.02 Å². The van der Waals surface area contributed by atoms with E-state index in [4.69, 9.17) is 21.3 Å². The molecule has 2 aromatic carbocycles. The van der Waals surface area contributed by atoms with Crippen molar-refractivity contribution in [1.82, 2.24) is 14.5 Å². The lowest BCUT2D eigenvalue weighted by Crippen LogP contribution is -2.36. The smallest absolute Gasteiger partial charge is 0.266 e. The van der Waals surface area contributed by atoms with Crippen molar-refractivity contribution in [2.24, 2.45) is 0 Å². The van der Waals surface area contributed by atoms with E-state index in [9.17, 15) is 4.79 Å². The number of thiazole rings is 1. The molecule has 0 aliphatic heterocycles. The van der Waals surface area contributed by atoms with Gasteiger partial charge in [-0.2, -0.15) is 0 Å². The average Bonchev–Trinajstić information content (AvgIpc) is 3.44. The van der Waals surface area contributed by atoms with Crippen LogP contribution in [0.1, 0.15) is 17.5 Å². The standard InChI is InChI=1S/C23H23ClN4O2S.ClH/c1-16-6-3-4-7-19(16)30-14-20(29)28(12-5-11-27-13-10-25-15-27)23-26-21-17(2)8-9-18(24)22(21)31-23;/h3-4,6-10,13,15H,5,11-12,14H2,1-2H3;1H. The maximum atomic E-state index is 13.2. The zero-order valence-corrected chi connectivity index (χ0v) is 20.2. The number of benzene rings is 2. The molecule has 4 rings (SSSR count). The quantitative estimate of drug-likeness (QED) is 0.318. The van der Waals surface area contributed by atoms with Crippen LogP contribution >= 0.6 is 35.3 Å². The Bertz CT molecular complexity index is 1160. The van der Waals surface area contributed by atoms with E-state index in [1.54, 1.807) is 17.4 Å². The Morgan fingerprint density at radius 1 is 1.19 bits per heavy atom. The van der Waals surface area contributed by atoms with Gasteiger partial charge in [-0.3, -0.25) is 9.69 Å². The molecule has 0 spiro atoms. The summed E-state index contributed by atoms with van der Waals surface area (Å²) in [7, 11) is 0. The molecule has 0 aliphatic rings. The largest absolute Gasteiger partial charge is 0.483 e. The first-order valence-electron chi connectivity index (χ1n) is 10.0. The van der Waals surface area contributed by atoms with Gasteiger partial charge in [-0.15, -0.1) is 12.4 Å². The summed E-state index contributed by atoms with van der Waals surface area (Å²) in [6.45, 7) is 5.17. The summed E-state index contributed by atoms with van der Waals surface area (Å²) in [6, 6.07) is 11.5. The van der Waals surface area contributed by atoms with E-state index in [1.807, 2.05) is 61.0 Å². The second-order valence-electron chi connectivity index (χ2n) is 7.29. The van der Waals surface area contributed by atoms with Gasteiger partial charge < -0.3 is 9.30 Å². The topological polar surface area (TPSA) is 60.2 Å². The maximum absolute atomic E-state index is 13.2. The maximum Gasteiger partial charge on any atom is 0.266 e. The molecule has 0 bridgehead atoms. The highest BCUT2D eigenvalue weighted by molar-refractivity contribution is 7.23. The van der Waals surface area contributed by atoms with Gasteiger partial charge in [0.1, 0.15) is 5.75 Å². The van der Waals surface area contributed by atoms with Gasteiger partial charge in [0.25, 0.3) is 5.91 Å². The molecule has 0 unspecified atom stereocenters. The van der Waals surface area contributed by atoms with Gasteiger partial charge >= 0.3 is 0 Å². The van der Waals surface area contributed by atoms with Crippen LogP contribution in [-0.4, -0.2) is 33.6 Å². The van der Waals surface area contributed by atoms with Crippen LogP contribution < -0.4 is 9.64 Å². The molecule has 0 N–H and O–H groups in total. The van der Waals surface area contributed by atoms with Gasteiger partial charge in [0, 0.05) is 25.5 Å². The van der Waals surface area contributed by atoms with Crippen LogP contribution in [0.4, 0.5) is 5.13 Å². The molecule has 0 saturated heterocycles. The number of imidazole rings is 1. The highest BCUT2D eigenvalue weighted by Crippen LogP contribution is 2.35. The monoisotopic (exact) mass is 490 g/mol. The van der Waals surface area contributed by atoms with Gasteiger partial charge in [0.05, 0.1) is 21.6 Å². The summed E-state index contributed by atoms with van der Waals surface area (Å²) in [5.74, 6) is 0.569. The second kappa shape index (κ2) is 10.8. The van der Waals surface area contributed by atoms with E-state index in [0.717, 1.165) is 34.3 Å². The van der Waals surface area contributed by atoms with Crippen molar-refractivity contribution in [3.05, 3.63) is 71.3 Å². The summed E-state index contributed by atoms with van der Waals surface area (Å²) in [4.78, 5) is 23.7. The molecular formula is C23H24Cl2N4O2S. The molecule has 0 aliphatic carbocycles. The predicted molar refractivity (Wildman–Crippen MR) is 132 cm³/mol. The zero-order chi connectivity index (χ0) is 21.8. The minimum absolute atomic E-state index is 0. The van der Waals surface area contributed by atoms with E-state index in [0.29, 0.717) is 22.4 Å². The van der Waals surface area contributed by atoms with Crippen molar-refractivity contribution < 1.29 is 9.53 Å². The third-order valence-corrected chi connectivity index (χ3v) is 6.56. The summed E-state index contributed by atoms with van der Waals surface area (Å²) >= 11 is 7.82. The zero-order valence-electron chi connectivity index (χ0n) is 17.8. The van der Waals surface area contributed by atoms with Crippen LogP contribution in [0.3, 0.4) is 0 Å². The lowest BCUT2D eigenvalue weighted by Gasteiger charge is -2.20. The summed E-state index contributed by atoms with van der Waals surface area (Å²) in [6.07, 6.45) is 6.19. The number of ether oxygens (including phenoxy) is 1. The number of anilines is 1. The molecule has 32 heavy (non-hydrogen) atoms. The minimum Gasteiger partial charge on any atom is -0.483 e. The number of halogens is 2. The van der Waals surface area contributed by atoms with Crippen LogP contribution in [0.25, 0.3) is 10.2 Å². The average molecular weight is 491 g/mol. The highest BCUT2D eigenvalue weighted by Gasteiger charge is 2.21. The van der Waals surface area contributed by atoms with E-state index < -0.39 is 0 Å². The summed E-state index contributed by atoms with van der Waals surface area (Å²) in [5.41, 5.74) is 2.85. The Hall–Kier alpha value is -2.61. The number of carbonyl (C=O) groups is 1. The van der Waals surface area contributed by atoms with Gasteiger partial charge in [0.15, 0.2) is 11.7 Å². The molecular weight excluding hydrogens is 467 g/mol. The Kier molecular flexibility index (Phi) is 8.12. The van der Waals surface area contributed by atoms with Crippen molar-refractivity contribution >= 4 is 56.6 Å². The minimum atomic E-state index is -0.137. The Morgan fingerprint density at radius 3 is 2.72 bits per heavy atom. The highest BCUT2D eigenvalue weighted by atomic mass is 35.5. The van der Waals surface area contributed by atoms with E-state index >= 15 is 0 Å². The fourth-order valence-electron chi connectivity index (χ4n) is 3.30. The van der Waals surface area contributed by atoms with Crippen LogP contribution in [-0.2, 0) is 11.3 Å². The first-order chi connectivity index (χ1) is 15.0. The third-order valence-electron chi connectivity index (χ3n) is 5.02. The summed E-state index contributed by atoms with van der Waals surface area (Å²) < 4.78 is 8.70. The fourth-order valence-corrected chi connectivity index (χ4v) is 4.66. The molecule has 2 aromatic heterocycles. The second-order valence-corrected chi connectivity index (χ2v) is 8.68. The molecule has 6 nitrogen and oxygen atoms in total. The van der Waals surface area contributed by atoms with E-state index in [2.05, 4.69) is 4.98 Å². The van der Waals surface area contributed by atoms with Crippen molar-refractivity contribution in [3.8, 4) is 5.75 Å². The van der Waals surface area contributed by atoms with Crippen molar-refractivity contribution in [3.63, 3.8) is 0 Å². The molecule has 0 atom stereocenters. The number of fused-ring (bicyclic) bond motifs is 1. The Morgan fingerprint density at radius 2 is 2.00 bits per heavy atom. The number of aromatic nitrogens is 3. The molecule has 0 radical (unpaired) electrons. The Balaban J connectivity index is 0.00000289. The van der Waals surface area contributed by atoms with Crippen LogP contribution in [0.15, 0.2) is 55.1 Å². The number of aryl methyl sites for hydroxylation is 3. The Labute approximate surface area is 202 Å². The predicted octanol–water partition coefficient (Wildman–Crippen LogP) is 5.69. The van der Waals surface area contributed by atoms with Gasteiger partial charge in [-0.05, 0) is 43.5 Å². The van der Waals surface area contributed by atoms with Crippen LogP contribution in [0.5, 0.6) is 5.75 Å². The van der Waals surface area contributed by atoms with Crippen molar-refractivity contribution in [1.29, 1.82) is 0 Å².